The number of carbonyl (C=O) groups excluding carboxylic acids is 1. The molecule has 1 aromatic carbocycles. The van der Waals surface area contributed by atoms with E-state index in [0.29, 0.717) is 12.1 Å². The van der Waals surface area contributed by atoms with Crippen LogP contribution in [0.25, 0.3) is 11.1 Å². The number of halogens is 3. The van der Waals surface area contributed by atoms with Crippen molar-refractivity contribution in [2.45, 2.75) is 19.6 Å². The summed E-state index contributed by atoms with van der Waals surface area (Å²) in [5.74, 6) is -2.62. The van der Waals surface area contributed by atoms with Crippen LogP contribution in [0.1, 0.15) is 17.3 Å². The molecule has 0 fully saturated rings. The molecule has 0 unspecified atom stereocenters. The second kappa shape index (κ2) is 4.01. The Labute approximate surface area is 98.6 Å². The minimum absolute atomic E-state index is 0.0306. The topological polar surface area (TPSA) is 52.2 Å². The normalized spacial score (nSPS) is 12.0. The van der Waals surface area contributed by atoms with Crippen LogP contribution in [0.2, 0.25) is 0 Å². The molecule has 0 radical (unpaired) electrons. The van der Waals surface area contributed by atoms with Gasteiger partial charge in [-0.25, -0.2) is 4.79 Å². The number of oxazole rings is 1. The number of fused-ring (bicyclic) bond motifs is 1. The molecule has 7 heteroatoms. The van der Waals surface area contributed by atoms with Crippen molar-refractivity contribution in [3.63, 3.8) is 0 Å². The van der Waals surface area contributed by atoms with Crippen LogP contribution in [0.5, 0.6) is 0 Å². The van der Waals surface area contributed by atoms with E-state index in [1.165, 1.54) is 10.6 Å². The molecule has 2 rings (SSSR count). The van der Waals surface area contributed by atoms with E-state index in [1.807, 2.05) is 0 Å². The van der Waals surface area contributed by atoms with Crippen LogP contribution in [0, 0.1) is 0 Å². The van der Waals surface area contributed by atoms with Gasteiger partial charge in [0.05, 0.1) is 5.52 Å². The second-order valence-corrected chi connectivity index (χ2v) is 3.62. The fraction of sp³-hybridized carbons (Fsp3) is 0.273. The number of alkyl halides is 3. The van der Waals surface area contributed by atoms with Crippen LogP contribution in [-0.4, -0.2) is 16.5 Å². The van der Waals surface area contributed by atoms with Gasteiger partial charge in [-0.15, -0.1) is 0 Å². The van der Waals surface area contributed by atoms with Crippen LogP contribution in [0.15, 0.2) is 27.4 Å². The summed E-state index contributed by atoms with van der Waals surface area (Å²) in [4.78, 5) is 22.4. The SMILES string of the molecule is CCn1c(=O)oc2cc(C(=O)C(F)(F)F)ccc21. The van der Waals surface area contributed by atoms with Crippen molar-refractivity contribution < 1.29 is 22.4 Å². The lowest BCUT2D eigenvalue weighted by molar-refractivity contribution is -0.0885. The summed E-state index contributed by atoms with van der Waals surface area (Å²) in [6.07, 6.45) is -4.94. The van der Waals surface area contributed by atoms with Crippen LogP contribution in [0.4, 0.5) is 13.2 Å². The van der Waals surface area contributed by atoms with Crippen molar-refractivity contribution in [3.05, 3.63) is 34.3 Å². The molecule has 1 aromatic heterocycles. The molecule has 0 aliphatic heterocycles. The molecule has 2 aromatic rings. The summed E-state index contributed by atoms with van der Waals surface area (Å²) in [7, 11) is 0. The van der Waals surface area contributed by atoms with Crippen molar-refractivity contribution in [1.29, 1.82) is 0 Å². The third kappa shape index (κ3) is 1.92. The summed E-state index contributed by atoms with van der Waals surface area (Å²) in [5, 5.41) is 0. The number of rotatable bonds is 2. The molecule has 0 amide bonds. The molecule has 0 bridgehead atoms. The van der Waals surface area contributed by atoms with E-state index in [-0.39, 0.29) is 5.58 Å². The predicted molar refractivity (Wildman–Crippen MR) is 56.5 cm³/mol. The van der Waals surface area contributed by atoms with Crippen LogP contribution in [-0.2, 0) is 6.54 Å². The number of aryl methyl sites for hydroxylation is 1. The summed E-state index contributed by atoms with van der Waals surface area (Å²) in [5.41, 5.74) is -0.217. The molecule has 18 heavy (non-hydrogen) atoms. The molecular weight excluding hydrogens is 251 g/mol. The maximum Gasteiger partial charge on any atom is 0.454 e. The van der Waals surface area contributed by atoms with Gasteiger partial charge < -0.3 is 4.42 Å². The van der Waals surface area contributed by atoms with E-state index in [2.05, 4.69) is 0 Å². The van der Waals surface area contributed by atoms with Gasteiger partial charge in [-0.05, 0) is 25.1 Å². The molecular formula is C11H8F3NO3. The molecule has 0 saturated heterocycles. The minimum atomic E-state index is -4.94. The van der Waals surface area contributed by atoms with Crippen molar-refractivity contribution in [2.75, 3.05) is 0 Å². The van der Waals surface area contributed by atoms with E-state index in [9.17, 15) is 22.8 Å². The fourth-order valence-corrected chi connectivity index (χ4v) is 1.67. The van der Waals surface area contributed by atoms with E-state index < -0.39 is 23.3 Å². The maximum atomic E-state index is 12.2. The highest BCUT2D eigenvalue weighted by molar-refractivity contribution is 6.02. The van der Waals surface area contributed by atoms with Crippen LogP contribution < -0.4 is 5.76 Å². The molecule has 0 aliphatic carbocycles. The first-order valence-corrected chi connectivity index (χ1v) is 5.09. The molecule has 4 nitrogen and oxygen atoms in total. The lowest BCUT2D eigenvalue weighted by Gasteiger charge is -2.04. The first-order chi connectivity index (χ1) is 8.34. The lowest BCUT2D eigenvalue weighted by Crippen LogP contribution is -2.22. The minimum Gasteiger partial charge on any atom is -0.408 e. The van der Waals surface area contributed by atoms with Crippen LogP contribution in [0.3, 0.4) is 0 Å². The van der Waals surface area contributed by atoms with Gasteiger partial charge in [0.2, 0.25) is 0 Å². The third-order valence-corrected chi connectivity index (χ3v) is 2.50. The number of hydrogen-bond donors (Lipinski definition) is 0. The Morgan fingerprint density at radius 3 is 2.61 bits per heavy atom. The molecule has 96 valence electrons. The first kappa shape index (κ1) is 12.4. The smallest absolute Gasteiger partial charge is 0.408 e. The van der Waals surface area contributed by atoms with Crippen molar-refractivity contribution in [3.8, 4) is 0 Å². The van der Waals surface area contributed by atoms with Gasteiger partial charge in [0.1, 0.15) is 0 Å². The first-order valence-electron chi connectivity index (χ1n) is 5.09. The maximum absolute atomic E-state index is 12.2. The molecule has 0 aliphatic rings. The Bertz CT molecular complexity index is 666. The zero-order valence-corrected chi connectivity index (χ0v) is 9.25. The monoisotopic (exact) mass is 259 g/mol. The van der Waals surface area contributed by atoms with E-state index in [1.54, 1.807) is 6.92 Å². The molecule has 0 spiro atoms. The highest BCUT2D eigenvalue weighted by Crippen LogP contribution is 2.23. The Hall–Kier alpha value is -2.05. The Balaban J connectivity index is 2.59. The van der Waals surface area contributed by atoms with Gasteiger partial charge in [0, 0.05) is 12.1 Å². The van der Waals surface area contributed by atoms with Gasteiger partial charge in [-0.1, -0.05) is 0 Å². The number of carbonyl (C=O) groups is 1. The number of aromatic nitrogens is 1. The zero-order chi connectivity index (χ0) is 13.5. The van der Waals surface area contributed by atoms with Crippen molar-refractivity contribution in [1.82, 2.24) is 4.57 Å². The summed E-state index contributed by atoms with van der Waals surface area (Å²) < 4.78 is 42.8. The predicted octanol–water partition coefficient (Wildman–Crippen LogP) is 2.36. The van der Waals surface area contributed by atoms with E-state index in [4.69, 9.17) is 4.42 Å². The quantitative estimate of drug-likeness (QED) is 0.778. The average molecular weight is 259 g/mol. The highest BCUT2D eigenvalue weighted by atomic mass is 19.4. The number of nitrogens with zero attached hydrogens (tertiary/aromatic N) is 1. The Morgan fingerprint density at radius 1 is 1.39 bits per heavy atom. The third-order valence-electron chi connectivity index (χ3n) is 2.50. The van der Waals surface area contributed by atoms with Gasteiger partial charge in [-0.2, -0.15) is 13.2 Å². The molecule has 0 atom stereocenters. The Kier molecular flexibility index (Phi) is 2.76. The fourth-order valence-electron chi connectivity index (χ4n) is 1.67. The largest absolute Gasteiger partial charge is 0.454 e. The lowest BCUT2D eigenvalue weighted by atomic mass is 10.1. The van der Waals surface area contributed by atoms with Gasteiger partial charge in [0.15, 0.2) is 5.58 Å². The average Bonchev–Trinajstić information content (AvgIpc) is 2.60. The van der Waals surface area contributed by atoms with Crippen LogP contribution >= 0.6 is 0 Å². The summed E-state index contributed by atoms with van der Waals surface area (Å²) in [6, 6.07) is 3.22. The second-order valence-electron chi connectivity index (χ2n) is 3.62. The van der Waals surface area contributed by atoms with E-state index >= 15 is 0 Å². The van der Waals surface area contributed by atoms with Crippen molar-refractivity contribution >= 4 is 16.9 Å². The molecule has 0 N–H and O–H groups in total. The standard InChI is InChI=1S/C11H8F3NO3/c1-2-15-7-4-3-6(9(16)11(12,13)14)5-8(7)18-10(15)17/h3-5H,2H2,1H3. The highest BCUT2D eigenvalue weighted by Gasteiger charge is 2.39. The Morgan fingerprint density at radius 2 is 2.06 bits per heavy atom. The summed E-state index contributed by atoms with van der Waals surface area (Å²) >= 11 is 0. The van der Waals surface area contributed by atoms with Gasteiger partial charge in [0.25, 0.3) is 5.78 Å². The number of Topliss-reactive ketones (excluding diaryl/α,β-unsaturated/α-hetero) is 1. The van der Waals surface area contributed by atoms with Crippen molar-refractivity contribution in [2.24, 2.45) is 0 Å². The van der Waals surface area contributed by atoms with E-state index in [0.717, 1.165) is 12.1 Å². The van der Waals surface area contributed by atoms with Gasteiger partial charge >= 0.3 is 11.9 Å². The number of hydrogen-bond acceptors (Lipinski definition) is 3. The molecule has 1 heterocycles. The zero-order valence-electron chi connectivity index (χ0n) is 9.25. The number of benzene rings is 1. The number of ketones is 1. The van der Waals surface area contributed by atoms with Gasteiger partial charge in [-0.3, -0.25) is 9.36 Å². The molecule has 0 saturated carbocycles. The summed E-state index contributed by atoms with van der Waals surface area (Å²) in [6.45, 7) is 2.03.